The van der Waals surface area contributed by atoms with Gasteiger partial charge in [-0.1, -0.05) is 30.3 Å². The van der Waals surface area contributed by atoms with E-state index in [1.807, 2.05) is 12.1 Å². The SMILES string of the molecule is O=C(Nc1cnn(Cc2ccc(F)cc2)c1)[C@@H]1OCOc2ccccc21. The molecule has 0 aliphatic carbocycles. The van der Waals surface area contributed by atoms with Gasteiger partial charge in [0.15, 0.2) is 12.9 Å². The monoisotopic (exact) mass is 353 g/mol. The van der Waals surface area contributed by atoms with E-state index >= 15 is 0 Å². The molecule has 0 saturated carbocycles. The number of nitrogens with zero attached hydrogens (tertiary/aromatic N) is 2. The number of benzene rings is 2. The van der Waals surface area contributed by atoms with Gasteiger partial charge in [0.1, 0.15) is 11.6 Å². The van der Waals surface area contributed by atoms with Crippen molar-refractivity contribution in [1.82, 2.24) is 9.78 Å². The second-order valence-electron chi connectivity index (χ2n) is 5.89. The summed E-state index contributed by atoms with van der Waals surface area (Å²) in [6.45, 7) is 0.506. The lowest BCUT2D eigenvalue weighted by molar-refractivity contribution is -0.136. The van der Waals surface area contributed by atoms with Crippen LogP contribution in [0.5, 0.6) is 5.75 Å². The summed E-state index contributed by atoms with van der Waals surface area (Å²) < 4.78 is 25.5. The Balaban J connectivity index is 1.44. The molecule has 3 aromatic rings. The molecule has 1 amide bonds. The molecule has 1 atom stereocenters. The first-order valence-corrected chi connectivity index (χ1v) is 8.10. The molecule has 0 bridgehead atoms. The molecule has 0 spiro atoms. The number of aromatic nitrogens is 2. The highest BCUT2D eigenvalue weighted by molar-refractivity contribution is 5.95. The average Bonchev–Trinajstić information content (AvgIpc) is 3.10. The predicted octanol–water partition coefficient (Wildman–Crippen LogP) is 3.12. The van der Waals surface area contributed by atoms with E-state index in [-0.39, 0.29) is 18.5 Å². The van der Waals surface area contributed by atoms with Crippen LogP contribution in [0.15, 0.2) is 60.9 Å². The maximum Gasteiger partial charge on any atom is 0.258 e. The fourth-order valence-corrected chi connectivity index (χ4v) is 2.80. The summed E-state index contributed by atoms with van der Waals surface area (Å²) in [6.07, 6.45) is 2.54. The highest BCUT2D eigenvalue weighted by Gasteiger charge is 2.28. The van der Waals surface area contributed by atoms with Crippen LogP contribution in [-0.4, -0.2) is 22.5 Å². The second kappa shape index (κ2) is 6.97. The number of carbonyl (C=O) groups excluding carboxylic acids is 1. The van der Waals surface area contributed by atoms with Gasteiger partial charge in [0.25, 0.3) is 5.91 Å². The van der Waals surface area contributed by atoms with E-state index in [4.69, 9.17) is 9.47 Å². The molecule has 1 aliphatic heterocycles. The van der Waals surface area contributed by atoms with Crippen LogP contribution in [-0.2, 0) is 16.1 Å². The van der Waals surface area contributed by atoms with Gasteiger partial charge in [0, 0.05) is 11.8 Å². The topological polar surface area (TPSA) is 65.4 Å². The third-order valence-electron chi connectivity index (χ3n) is 4.05. The fourth-order valence-electron chi connectivity index (χ4n) is 2.80. The Kier molecular flexibility index (Phi) is 4.37. The number of halogens is 1. The zero-order valence-corrected chi connectivity index (χ0v) is 13.8. The lowest BCUT2D eigenvalue weighted by Crippen LogP contribution is -2.28. The van der Waals surface area contributed by atoms with E-state index in [0.717, 1.165) is 5.56 Å². The number of ether oxygens (including phenoxy) is 2. The number of amides is 1. The van der Waals surface area contributed by atoms with Crippen molar-refractivity contribution in [1.29, 1.82) is 0 Å². The second-order valence-corrected chi connectivity index (χ2v) is 5.89. The average molecular weight is 353 g/mol. The van der Waals surface area contributed by atoms with Gasteiger partial charge in [-0.15, -0.1) is 0 Å². The lowest BCUT2D eigenvalue weighted by atomic mass is 10.1. The van der Waals surface area contributed by atoms with Crippen LogP contribution in [0.2, 0.25) is 0 Å². The number of hydrogen-bond acceptors (Lipinski definition) is 4. The van der Waals surface area contributed by atoms with Gasteiger partial charge in [-0.05, 0) is 23.8 Å². The Bertz CT molecular complexity index is 924. The van der Waals surface area contributed by atoms with Crippen molar-refractivity contribution in [2.45, 2.75) is 12.6 Å². The number of fused-ring (bicyclic) bond motifs is 1. The summed E-state index contributed by atoms with van der Waals surface area (Å²) in [4.78, 5) is 12.6. The molecule has 2 aromatic carbocycles. The van der Waals surface area contributed by atoms with Gasteiger partial charge in [-0.3, -0.25) is 9.48 Å². The van der Waals surface area contributed by atoms with Crippen LogP contribution in [0.1, 0.15) is 17.2 Å². The highest BCUT2D eigenvalue weighted by Crippen LogP contribution is 2.32. The Morgan fingerprint density at radius 3 is 2.88 bits per heavy atom. The summed E-state index contributed by atoms with van der Waals surface area (Å²) in [6, 6.07) is 13.5. The maximum absolute atomic E-state index is 13.0. The Morgan fingerprint density at radius 1 is 1.23 bits per heavy atom. The third kappa shape index (κ3) is 3.43. The zero-order chi connectivity index (χ0) is 17.9. The van der Waals surface area contributed by atoms with Crippen molar-refractivity contribution < 1.29 is 18.7 Å². The van der Waals surface area contributed by atoms with E-state index in [1.165, 1.54) is 12.1 Å². The number of nitrogens with one attached hydrogen (secondary N) is 1. The van der Waals surface area contributed by atoms with Gasteiger partial charge in [0.2, 0.25) is 0 Å². The standard InChI is InChI=1S/C19H16FN3O3/c20-14-7-5-13(6-8-14)10-23-11-15(9-21-23)22-19(24)18-16-3-1-2-4-17(16)25-12-26-18/h1-9,11,18H,10,12H2,(H,22,24)/t18-/m1/s1. The van der Waals surface area contributed by atoms with Crippen molar-refractivity contribution in [3.63, 3.8) is 0 Å². The number of carbonyl (C=O) groups is 1. The number of hydrogen-bond donors (Lipinski definition) is 1. The van der Waals surface area contributed by atoms with E-state index in [0.29, 0.717) is 23.5 Å². The molecule has 1 aliphatic rings. The summed E-state index contributed by atoms with van der Waals surface area (Å²) in [5, 5.41) is 7.02. The molecule has 0 saturated heterocycles. The molecular formula is C19H16FN3O3. The molecule has 0 fully saturated rings. The predicted molar refractivity (Wildman–Crippen MR) is 92.1 cm³/mol. The molecule has 26 heavy (non-hydrogen) atoms. The van der Waals surface area contributed by atoms with Gasteiger partial charge in [-0.25, -0.2) is 4.39 Å². The number of para-hydroxylation sites is 1. The number of rotatable bonds is 4. The van der Waals surface area contributed by atoms with Crippen LogP contribution in [0.4, 0.5) is 10.1 Å². The Labute approximate surface area is 149 Å². The van der Waals surface area contributed by atoms with Crippen molar-refractivity contribution >= 4 is 11.6 Å². The molecule has 0 radical (unpaired) electrons. The molecule has 7 heteroatoms. The van der Waals surface area contributed by atoms with Crippen LogP contribution in [0.25, 0.3) is 0 Å². The first-order valence-electron chi connectivity index (χ1n) is 8.10. The minimum Gasteiger partial charge on any atom is -0.467 e. The minimum atomic E-state index is -0.736. The maximum atomic E-state index is 13.0. The van der Waals surface area contributed by atoms with Gasteiger partial charge >= 0.3 is 0 Å². The first kappa shape index (κ1) is 16.3. The van der Waals surface area contributed by atoms with E-state index in [1.54, 1.807) is 41.3 Å². The van der Waals surface area contributed by atoms with Crippen molar-refractivity contribution in [3.05, 3.63) is 77.9 Å². The summed E-state index contributed by atoms with van der Waals surface area (Å²) >= 11 is 0. The van der Waals surface area contributed by atoms with E-state index < -0.39 is 6.10 Å². The molecule has 132 valence electrons. The van der Waals surface area contributed by atoms with E-state index in [2.05, 4.69) is 10.4 Å². The molecule has 0 unspecified atom stereocenters. The van der Waals surface area contributed by atoms with Crippen molar-refractivity contribution in [2.75, 3.05) is 12.1 Å². The summed E-state index contributed by atoms with van der Waals surface area (Å²) in [5.41, 5.74) is 2.16. The quantitative estimate of drug-likeness (QED) is 0.783. The van der Waals surface area contributed by atoms with Crippen LogP contribution >= 0.6 is 0 Å². The van der Waals surface area contributed by atoms with Crippen LogP contribution in [0.3, 0.4) is 0 Å². The summed E-state index contributed by atoms with van der Waals surface area (Å²) in [5.74, 6) is 0.0758. The Morgan fingerprint density at radius 2 is 2.04 bits per heavy atom. The zero-order valence-electron chi connectivity index (χ0n) is 13.8. The summed E-state index contributed by atoms with van der Waals surface area (Å²) in [7, 11) is 0. The molecule has 1 aromatic heterocycles. The molecule has 2 heterocycles. The molecule has 4 rings (SSSR count). The molecule has 6 nitrogen and oxygen atoms in total. The van der Waals surface area contributed by atoms with Crippen molar-refractivity contribution in [2.24, 2.45) is 0 Å². The van der Waals surface area contributed by atoms with Gasteiger partial charge in [-0.2, -0.15) is 5.10 Å². The molecule has 1 N–H and O–H groups in total. The highest BCUT2D eigenvalue weighted by atomic mass is 19.1. The van der Waals surface area contributed by atoms with E-state index in [9.17, 15) is 9.18 Å². The van der Waals surface area contributed by atoms with Crippen LogP contribution < -0.4 is 10.1 Å². The largest absolute Gasteiger partial charge is 0.467 e. The lowest BCUT2D eigenvalue weighted by Gasteiger charge is -2.25. The minimum absolute atomic E-state index is 0.0267. The Hall–Kier alpha value is -3.19. The smallest absolute Gasteiger partial charge is 0.258 e. The van der Waals surface area contributed by atoms with Crippen molar-refractivity contribution in [3.8, 4) is 5.75 Å². The normalized spacial score (nSPS) is 15.8. The third-order valence-corrected chi connectivity index (χ3v) is 4.05. The fraction of sp³-hybridized carbons (Fsp3) is 0.158. The van der Waals surface area contributed by atoms with Crippen LogP contribution in [0, 0.1) is 5.82 Å². The van der Waals surface area contributed by atoms with Gasteiger partial charge < -0.3 is 14.8 Å². The first-order chi connectivity index (χ1) is 12.7. The molecular weight excluding hydrogens is 337 g/mol. The number of anilines is 1. The van der Waals surface area contributed by atoms with Gasteiger partial charge in [0.05, 0.1) is 18.4 Å².